The van der Waals surface area contributed by atoms with E-state index in [0.717, 1.165) is 19.6 Å². The summed E-state index contributed by atoms with van der Waals surface area (Å²) in [5.41, 5.74) is 0.475. The second-order valence-corrected chi connectivity index (χ2v) is 6.37. The highest BCUT2D eigenvalue weighted by Crippen LogP contribution is 2.21. The Morgan fingerprint density at radius 3 is 1.78 bits per heavy atom. The van der Waals surface area contributed by atoms with Crippen molar-refractivity contribution < 1.29 is 9.47 Å². The Kier molecular flexibility index (Phi) is 11.9. The van der Waals surface area contributed by atoms with Crippen molar-refractivity contribution in [2.45, 2.75) is 79.1 Å². The first-order valence-corrected chi connectivity index (χ1v) is 7.72. The molecule has 0 aromatic heterocycles. The van der Waals surface area contributed by atoms with Crippen molar-refractivity contribution in [1.82, 2.24) is 0 Å². The Balaban J connectivity index is 2.99. The van der Waals surface area contributed by atoms with Crippen molar-refractivity contribution in [2.75, 3.05) is 20.0 Å². The minimum Gasteiger partial charge on any atom is -0.355 e. The smallest absolute Gasteiger partial charge is 0.146 e. The van der Waals surface area contributed by atoms with Crippen LogP contribution in [0.15, 0.2) is 0 Å². The van der Waals surface area contributed by atoms with E-state index in [-0.39, 0.29) is 0 Å². The fourth-order valence-electron chi connectivity index (χ4n) is 1.84. The average Bonchev–Trinajstić information content (AvgIpc) is 2.29. The molecule has 2 heteroatoms. The lowest BCUT2D eigenvalue weighted by atomic mass is 9.89. The SMILES string of the molecule is CCCCCCOCOCCCCCC(C)(C)C. The van der Waals surface area contributed by atoms with Gasteiger partial charge < -0.3 is 9.47 Å². The van der Waals surface area contributed by atoms with Crippen molar-refractivity contribution in [3.63, 3.8) is 0 Å². The summed E-state index contributed by atoms with van der Waals surface area (Å²) in [5.74, 6) is 0. The molecule has 0 rings (SSSR count). The van der Waals surface area contributed by atoms with Crippen LogP contribution in [0.4, 0.5) is 0 Å². The molecule has 0 aliphatic carbocycles. The maximum absolute atomic E-state index is 5.45. The van der Waals surface area contributed by atoms with Crippen LogP contribution >= 0.6 is 0 Å². The van der Waals surface area contributed by atoms with Crippen LogP contribution in [0.1, 0.15) is 79.1 Å². The molecule has 0 aliphatic rings. The van der Waals surface area contributed by atoms with Gasteiger partial charge in [0.15, 0.2) is 0 Å². The molecular weight excluding hydrogens is 224 g/mol. The van der Waals surface area contributed by atoms with Crippen LogP contribution in [0.3, 0.4) is 0 Å². The molecule has 0 aliphatic heterocycles. The fraction of sp³-hybridized carbons (Fsp3) is 1.00. The summed E-state index contributed by atoms with van der Waals surface area (Å²) in [5, 5.41) is 0. The van der Waals surface area contributed by atoms with E-state index < -0.39 is 0 Å². The zero-order chi connectivity index (χ0) is 13.7. The van der Waals surface area contributed by atoms with E-state index in [1.165, 1.54) is 44.9 Å². The van der Waals surface area contributed by atoms with Crippen LogP contribution < -0.4 is 0 Å². The summed E-state index contributed by atoms with van der Waals surface area (Å²) in [6.45, 7) is 11.3. The van der Waals surface area contributed by atoms with Crippen LogP contribution in [0.25, 0.3) is 0 Å². The van der Waals surface area contributed by atoms with E-state index in [1.807, 2.05) is 0 Å². The molecule has 0 N–H and O–H groups in total. The number of hydrogen-bond acceptors (Lipinski definition) is 2. The summed E-state index contributed by atoms with van der Waals surface area (Å²) in [7, 11) is 0. The molecular formula is C16H34O2. The van der Waals surface area contributed by atoms with E-state index in [4.69, 9.17) is 9.47 Å². The number of unbranched alkanes of at least 4 members (excludes halogenated alkanes) is 5. The number of rotatable bonds is 12. The van der Waals surface area contributed by atoms with Crippen LogP contribution in [-0.2, 0) is 9.47 Å². The molecule has 0 fully saturated rings. The number of ether oxygens (including phenoxy) is 2. The van der Waals surface area contributed by atoms with Gasteiger partial charge in [0.05, 0.1) is 0 Å². The fourth-order valence-corrected chi connectivity index (χ4v) is 1.84. The lowest BCUT2D eigenvalue weighted by Crippen LogP contribution is -2.05. The third-order valence-corrected chi connectivity index (χ3v) is 3.02. The molecule has 18 heavy (non-hydrogen) atoms. The van der Waals surface area contributed by atoms with Gasteiger partial charge in [0.25, 0.3) is 0 Å². The second kappa shape index (κ2) is 12.0. The quantitative estimate of drug-likeness (QED) is 0.355. The van der Waals surface area contributed by atoms with Gasteiger partial charge in [0.1, 0.15) is 6.79 Å². The minimum atomic E-state index is 0.475. The minimum absolute atomic E-state index is 0.475. The van der Waals surface area contributed by atoms with E-state index in [9.17, 15) is 0 Å². The van der Waals surface area contributed by atoms with Crippen molar-refractivity contribution in [1.29, 1.82) is 0 Å². The summed E-state index contributed by atoms with van der Waals surface area (Å²) in [6.07, 6.45) is 10.1. The highest BCUT2D eigenvalue weighted by atomic mass is 16.7. The molecule has 0 bridgehead atoms. The van der Waals surface area contributed by atoms with Crippen LogP contribution in [0.5, 0.6) is 0 Å². The first kappa shape index (κ1) is 17.9. The Hall–Kier alpha value is -0.0800. The highest BCUT2D eigenvalue weighted by Gasteiger charge is 2.08. The van der Waals surface area contributed by atoms with Crippen molar-refractivity contribution >= 4 is 0 Å². The molecule has 0 atom stereocenters. The third kappa shape index (κ3) is 15.9. The van der Waals surface area contributed by atoms with Crippen LogP contribution in [0.2, 0.25) is 0 Å². The Labute approximate surface area is 114 Å². The van der Waals surface area contributed by atoms with Gasteiger partial charge in [-0.2, -0.15) is 0 Å². The van der Waals surface area contributed by atoms with E-state index in [1.54, 1.807) is 0 Å². The molecule has 2 nitrogen and oxygen atoms in total. The molecule has 0 unspecified atom stereocenters. The van der Waals surface area contributed by atoms with E-state index in [2.05, 4.69) is 27.7 Å². The predicted octanol–water partition coefficient (Wildman–Crippen LogP) is 5.16. The summed E-state index contributed by atoms with van der Waals surface area (Å²) in [4.78, 5) is 0. The molecule has 0 radical (unpaired) electrons. The normalized spacial score (nSPS) is 12.0. The van der Waals surface area contributed by atoms with Gasteiger partial charge in [-0.25, -0.2) is 0 Å². The second-order valence-electron chi connectivity index (χ2n) is 6.37. The van der Waals surface area contributed by atoms with Gasteiger partial charge in [-0.3, -0.25) is 0 Å². The van der Waals surface area contributed by atoms with Crippen molar-refractivity contribution in [3.8, 4) is 0 Å². The summed E-state index contributed by atoms with van der Waals surface area (Å²) in [6, 6.07) is 0. The average molecular weight is 258 g/mol. The predicted molar refractivity (Wildman–Crippen MR) is 78.8 cm³/mol. The lowest BCUT2D eigenvalue weighted by Gasteiger charge is -2.17. The first-order valence-electron chi connectivity index (χ1n) is 7.72. The largest absolute Gasteiger partial charge is 0.355 e. The molecule has 110 valence electrons. The van der Waals surface area contributed by atoms with Crippen LogP contribution in [0, 0.1) is 5.41 Å². The Bertz CT molecular complexity index is 161. The maximum atomic E-state index is 5.45. The highest BCUT2D eigenvalue weighted by molar-refractivity contribution is 4.60. The van der Waals surface area contributed by atoms with Crippen LogP contribution in [-0.4, -0.2) is 20.0 Å². The van der Waals surface area contributed by atoms with Gasteiger partial charge >= 0.3 is 0 Å². The molecule has 0 spiro atoms. The molecule has 0 aromatic rings. The zero-order valence-electron chi connectivity index (χ0n) is 13.1. The molecule has 0 heterocycles. The monoisotopic (exact) mass is 258 g/mol. The van der Waals surface area contributed by atoms with E-state index in [0.29, 0.717) is 12.2 Å². The molecule has 0 saturated heterocycles. The van der Waals surface area contributed by atoms with Gasteiger partial charge in [0.2, 0.25) is 0 Å². The van der Waals surface area contributed by atoms with Gasteiger partial charge in [-0.1, -0.05) is 59.8 Å². The van der Waals surface area contributed by atoms with Gasteiger partial charge in [-0.15, -0.1) is 0 Å². The zero-order valence-corrected chi connectivity index (χ0v) is 13.1. The van der Waals surface area contributed by atoms with Gasteiger partial charge in [0, 0.05) is 13.2 Å². The molecule has 0 saturated carbocycles. The summed E-state index contributed by atoms with van der Waals surface area (Å²) >= 11 is 0. The van der Waals surface area contributed by atoms with Gasteiger partial charge in [-0.05, 0) is 24.7 Å². The lowest BCUT2D eigenvalue weighted by molar-refractivity contribution is -0.0556. The molecule has 0 amide bonds. The Morgan fingerprint density at radius 2 is 1.28 bits per heavy atom. The Morgan fingerprint density at radius 1 is 0.722 bits per heavy atom. The first-order chi connectivity index (χ1) is 8.56. The van der Waals surface area contributed by atoms with E-state index >= 15 is 0 Å². The standard InChI is InChI=1S/C16H34O2/c1-5-6-7-10-13-17-15-18-14-11-8-9-12-16(2,3)4/h5-15H2,1-4H3. The summed E-state index contributed by atoms with van der Waals surface area (Å²) < 4.78 is 10.9. The maximum Gasteiger partial charge on any atom is 0.146 e. The van der Waals surface area contributed by atoms with Crippen molar-refractivity contribution in [2.24, 2.45) is 5.41 Å². The third-order valence-electron chi connectivity index (χ3n) is 3.02. The van der Waals surface area contributed by atoms with Crippen molar-refractivity contribution in [3.05, 3.63) is 0 Å². The molecule has 0 aromatic carbocycles. The number of hydrogen-bond donors (Lipinski definition) is 0. The topological polar surface area (TPSA) is 18.5 Å².